The molecule has 6 heteroatoms. The first-order valence-electron chi connectivity index (χ1n) is 5.62. The molecule has 1 aliphatic rings. The molecule has 1 fully saturated rings. The van der Waals surface area contributed by atoms with Crippen molar-refractivity contribution in [1.29, 1.82) is 0 Å². The van der Waals surface area contributed by atoms with Gasteiger partial charge in [0.2, 0.25) is 0 Å². The lowest BCUT2D eigenvalue weighted by Gasteiger charge is -2.30. The molecule has 0 spiro atoms. The monoisotopic (exact) mass is 255 g/mol. The number of nitrogens with one attached hydrogen (secondary N) is 2. The Kier molecular flexibility index (Phi) is 3.73. The summed E-state index contributed by atoms with van der Waals surface area (Å²) in [4.78, 5) is 19.1. The van der Waals surface area contributed by atoms with Gasteiger partial charge in [-0.3, -0.25) is 4.79 Å². The van der Waals surface area contributed by atoms with Crippen LogP contribution in [0.2, 0.25) is 0 Å². The van der Waals surface area contributed by atoms with Crippen molar-refractivity contribution >= 4 is 17.7 Å². The third-order valence-corrected chi connectivity index (χ3v) is 4.28. The Morgan fingerprint density at radius 3 is 3.00 bits per heavy atom. The summed E-state index contributed by atoms with van der Waals surface area (Å²) in [5.74, 6) is 0.831. The molecule has 0 aromatic carbocycles. The predicted molar refractivity (Wildman–Crippen MR) is 65.8 cm³/mol. The summed E-state index contributed by atoms with van der Waals surface area (Å²) in [5, 5.41) is 3.98. The van der Waals surface area contributed by atoms with Gasteiger partial charge in [-0.05, 0) is 25.8 Å². The molecule has 0 saturated heterocycles. The van der Waals surface area contributed by atoms with Crippen LogP contribution in [0, 0.1) is 5.92 Å². The summed E-state index contributed by atoms with van der Waals surface area (Å²) in [6, 6.07) is 0. The van der Waals surface area contributed by atoms with E-state index in [1.807, 2.05) is 7.05 Å². The number of nitrogens with zero attached hydrogens (tertiary/aromatic N) is 1. The predicted octanol–water partition coefficient (Wildman–Crippen LogP) is 1.04. The topological polar surface area (TPSA) is 67.0 Å². The van der Waals surface area contributed by atoms with E-state index in [1.54, 1.807) is 24.2 Å². The smallest absolute Gasteiger partial charge is 0.327 e. The summed E-state index contributed by atoms with van der Waals surface area (Å²) in [7, 11) is 3.26. The molecule has 1 aromatic heterocycles. The second-order valence-electron chi connectivity index (χ2n) is 4.17. The van der Waals surface area contributed by atoms with Crippen LogP contribution in [-0.2, 0) is 9.53 Å². The van der Waals surface area contributed by atoms with Crippen molar-refractivity contribution in [2.45, 2.75) is 23.5 Å². The third kappa shape index (κ3) is 2.47. The lowest BCUT2D eigenvalue weighted by molar-refractivity contribution is -0.148. The summed E-state index contributed by atoms with van der Waals surface area (Å²) in [6.45, 7) is 0. The van der Waals surface area contributed by atoms with E-state index in [1.165, 1.54) is 7.11 Å². The van der Waals surface area contributed by atoms with E-state index < -0.39 is 5.54 Å². The van der Waals surface area contributed by atoms with Crippen molar-refractivity contribution in [1.82, 2.24) is 15.3 Å². The number of H-pyrrole nitrogens is 1. The third-order valence-electron chi connectivity index (χ3n) is 3.18. The van der Waals surface area contributed by atoms with E-state index >= 15 is 0 Å². The van der Waals surface area contributed by atoms with Gasteiger partial charge in [-0.2, -0.15) is 0 Å². The van der Waals surface area contributed by atoms with Gasteiger partial charge >= 0.3 is 5.97 Å². The van der Waals surface area contributed by atoms with Crippen molar-refractivity contribution in [3.63, 3.8) is 0 Å². The first kappa shape index (κ1) is 12.4. The number of imidazole rings is 1. The van der Waals surface area contributed by atoms with Crippen LogP contribution in [0.15, 0.2) is 17.6 Å². The van der Waals surface area contributed by atoms with E-state index in [0.29, 0.717) is 11.7 Å². The van der Waals surface area contributed by atoms with Gasteiger partial charge in [0.25, 0.3) is 0 Å². The molecule has 5 nitrogen and oxygen atoms in total. The fourth-order valence-corrected chi connectivity index (χ4v) is 3.14. The number of hydrogen-bond donors (Lipinski definition) is 2. The molecule has 0 radical (unpaired) electrons. The van der Waals surface area contributed by atoms with E-state index in [-0.39, 0.29) is 5.97 Å². The summed E-state index contributed by atoms with van der Waals surface area (Å²) < 4.78 is 4.93. The van der Waals surface area contributed by atoms with Crippen LogP contribution >= 0.6 is 11.8 Å². The molecule has 1 aromatic rings. The van der Waals surface area contributed by atoms with Gasteiger partial charge in [0.15, 0.2) is 5.16 Å². The van der Waals surface area contributed by atoms with Crippen LogP contribution in [-0.4, -0.2) is 41.4 Å². The van der Waals surface area contributed by atoms with Crippen LogP contribution in [0.4, 0.5) is 0 Å². The second-order valence-corrected chi connectivity index (χ2v) is 5.13. The Bertz CT molecular complexity index is 378. The Morgan fingerprint density at radius 2 is 2.53 bits per heavy atom. The molecule has 1 saturated carbocycles. The molecule has 1 aliphatic carbocycles. The second kappa shape index (κ2) is 5.10. The number of thioether (sulfide) groups is 1. The van der Waals surface area contributed by atoms with Crippen LogP contribution < -0.4 is 5.32 Å². The molecule has 2 N–H and O–H groups in total. The van der Waals surface area contributed by atoms with Crippen LogP contribution in [0.1, 0.15) is 12.8 Å². The van der Waals surface area contributed by atoms with E-state index in [2.05, 4.69) is 15.3 Å². The number of aromatic nitrogens is 2. The minimum atomic E-state index is -0.577. The summed E-state index contributed by atoms with van der Waals surface area (Å²) >= 11 is 1.54. The number of carbonyl (C=O) groups excluding carboxylic acids is 1. The van der Waals surface area contributed by atoms with E-state index in [9.17, 15) is 4.79 Å². The zero-order valence-corrected chi connectivity index (χ0v) is 10.8. The van der Waals surface area contributed by atoms with Crippen molar-refractivity contribution in [3.05, 3.63) is 12.4 Å². The Labute approximate surface area is 105 Å². The zero-order chi connectivity index (χ0) is 12.3. The van der Waals surface area contributed by atoms with Crippen molar-refractivity contribution in [2.24, 2.45) is 5.92 Å². The highest BCUT2D eigenvalue weighted by Gasteiger charge is 2.51. The van der Waals surface area contributed by atoms with Gasteiger partial charge in [0, 0.05) is 18.1 Å². The Hall–Kier alpha value is -1.01. The van der Waals surface area contributed by atoms with Crippen LogP contribution in [0.25, 0.3) is 0 Å². The van der Waals surface area contributed by atoms with Gasteiger partial charge in [0.1, 0.15) is 5.54 Å². The maximum atomic E-state index is 12.0. The quantitative estimate of drug-likeness (QED) is 0.587. The molecule has 1 heterocycles. The SMILES string of the molecule is CNC(CSc1ncc[nH]1)(C(=O)OC)C1CC1. The molecule has 0 amide bonds. The van der Waals surface area contributed by atoms with Gasteiger partial charge < -0.3 is 15.0 Å². The Balaban J connectivity index is 2.07. The first-order valence-corrected chi connectivity index (χ1v) is 6.61. The van der Waals surface area contributed by atoms with E-state index in [0.717, 1.165) is 18.0 Å². The zero-order valence-electron chi connectivity index (χ0n) is 10.0. The van der Waals surface area contributed by atoms with Crippen molar-refractivity contribution in [3.8, 4) is 0 Å². The fraction of sp³-hybridized carbons (Fsp3) is 0.636. The molecule has 1 atom stereocenters. The van der Waals surface area contributed by atoms with Crippen molar-refractivity contribution in [2.75, 3.05) is 19.9 Å². The van der Waals surface area contributed by atoms with Gasteiger partial charge in [-0.1, -0.05) is 11.8 Å². The number of methoxy groups -OCH3 is 1. The molecule has 2 rings (SSSR count). The average Bonchev–Trinajstić information content (AvgIpc) is 3.07. The first-order chi connectivity index (χ1) is 8.23. The Morgan fingerprint density at radius 1 is 1.76 bits per heavy atom. The van der Waals surface area contributed by atoms with Crippen LogP contribution in [0.3, 0.4) is 0 Å². The molecule has 0 bridgehead atoms. The molecular weight excluding hydrogens is 238 g/mol. The van der Waals surface area contributed by atoms with E-state index in [4.69, 9.17) is 4.74 Å². The number of ether oxygens (including phenoxy) is 1. The lowest BCUT2D eigenvalue weighted by atomic mass is 9.96. The fourth-order valence-electron chi connectivity index (χ4n) is 1.99. The maximum Gasteiger partial charge on any atom is 0.327 e. The number of hydrogen-bond acceptors (Lipinski definition) is 5. The normalized spacial score (nSPS) is 18.7. The highest BCUT2D eigenvalue weighted by molar-refractivity contribution is 7.99. The van der Waals surface area contributed by atoms with Crippen molar-refractivity contribution < 1.29 is 9.53 Å². The van der Waals surface area contributed by atoms with Crippen LogP contribution in [0.5, 0.6) is 0 Å². The maximum absolute atomic E-state index is 12.0. The minimum absolute atomic E-state index is 0.179. The number of esters is 1. The largest absolute Gasteiger partial charge is 0.468 e. The molecular formula is C11H17N3O2S. The molecule has 94 valence electrons. The number of aromatic amines is 1. The van der Waals surface area contributed by atoms with Gasteiger partial charge in [-0.25, -0.2) is 4.98 Å². The summed E-state index contributed by atoms with van der Waals surface area (Å²) in [6.07, 6.45) is 5.64. The highest BCUT2D eigenvalue weighted by Crippen LogP contribution is 2.42. The molecule has 17 heavy (non-hydrogen) atoms. The standard InChI is InChI=1S/C11H17N3O2S/c1-12-11(8-3-4-8,9(15)16-2)7-17-10-13-5-6-14-10/h5-6,8,12H,3-4,7H2,1-2H3,(H,13,14). The number of likely N-dealkylation sites (N-methyl/N-ethyl adjacent to an activating group) is 1. The van der Waals surface area contributed by atoms with Gasteiger partial charge in [0.05, 0.1) is 7.11 Å². The molecule has 0 aliphatic heterocycles. The highest BCUT2D eigenvalue weighted by atomic mass is 32.2. The number of rotatable bonds is 6. The van der Waals surface area contributed by atoms with Gasteiger partial charge in [-0.15, -0.1) is 0 Å². The number of carbonyl (C=O) groups is 1. The summed E-state index contributed by atoms with van der Waals surface area (Å²) in [5.41, 5.74) is -0.577. The molecule has 1 unspecified atom stereocenters. The lowest BCUT2D eigenvalue weighted by Crippen LogP contribution is -2.55. The minimum Gasteiger partial charge on any atom is -0.468 e. The average molecular weight is 255 g/mol.